The Balaban J connectivity index is 1.42. The highest BCUT2D eigenvalue weighted by Gasteiger charge is 2.42. The van der Waals surface area contributed by atoms with Gasteiger partial charge < -0.3 is 9.47 Å². The number of imide groups is 2. The van der Waals surface area contributed by atoms with Crippen LogP contribution in [0.3, 0.4) is 0 Å². The molecule has 2 unspecified atom stereocenters. The molecule has 2 aliphatic rings. The lowest BCUT2D eigenvalue weighted by molar-refractivity contribution is 0.0527. The molecule has 0 saturated carbocycles. The Hall–Kier alpha value is -4.98. The molecule has 0 fully saturated rings. The fourth-order valence-corrected chi connectivity index (χ4v) is 5.68. The highest BCUT2D eigenvalue weighted by molar-refractivity contribution is 6.33. The summed E-state index contributed by atoms with van der Waals surface area (Å²) in [7, 11) is 3.14. The van der Waals surface area contributed by atoms with Gasteiger partial charge in [0, 0.05) is 33.0 Å². The highest BCUT2D eigenvalue weighted by atomic mass is 16.5. The lowest BCUT2D eigenvalue weighted by Gasteiger charge is -2.36. The lowest BCUT2D eigenvalue weighted by Crippen LogP contribution is -2.44. The first-order valence-corrected chi connectivity index (χ1v) is 12.9. The minimum absolute atomic E-state index is 0.285. The number of methoxy groups -OCH3 is 2. The molecule has 0 spiro atoms. The summed E-state index contributed by atoms with van der Waals surface area (Å²) in [6, 6.07) is 19.6. The second kappa shape index (κ2) is 9.34. The smallest absolute Gasteiger partial charge is 0.261 e. The van der Waals surface area contributed by atoms with E-state index >= 15 is 0 Å². The summed E-state index contributed by atoms with van der Waals surface area (Å²) in [5.74, 6) is -0.558. The Morgan fingerprint density at radius 2 is 0.750 bits per heavy atom. The molecule has 8 nitrogen and oxygen atoms in total. The summed E-state index contributed by atoms with van der Waals surface area (Å²) in [4.78, 5) is 57.4. The van der Waals surface area contributed by atoms with Crippen molar-refractivity contribution in [2.45, 2.75) is 25.9 Å². The van der Waals surface area contributed by atoms with E-state index in [1.807, 2.05) is 24.3 Å². The summed E-state index contributed by atoms with van der Waals surface area (Å²) in [5.41, 5.74) is 2.68. The van der Waals surface area contributed by atoms with Crippen molar-refractivity contribution in [3.63, 3.8) is 0 Å². The molecule has 0 saturated heterocycles. The van der Waals surface area contributed by atoms with Crippen molar-refractivity contribution in [2.24, 2.45) is 0 Å². The van der Waals surface area contributed by atoms with E-state index in [0.29, 0.717) is 22.3 Å². The molecule has 40 heavy (non-hydrogen) atoms. The summed E-state index contributed by atoms with van der Waals surface area (Å²) >= 11 is 0. The molecule has 0 N–H and O–H groups in total. The molecule has 2 heterocycles. The third kappa shape index (κ3) is 3.60. The van der Waals surface area contributed by atoms with Gasteiger partial charge in [-0.1, -0.05) is 24.3 Å². The number of nitrogens with zero attached hydrogens (tertiary/aromatic N) is 2. The summed E-state index contributed by atoms with van der Waals surface area (Å²) in [5, 5.41) is 0.697. The maximum Gasteiger partial charge on any atom is 0.261 e. The quantitative estimate of drug-likeness (QED) is 0.300. The monoisotopic (exact) mass is 534 g/mol. The van der Waals surface area contributed by atoms with E-state index in [0.717, 1.165) is 11.1 Å². The molecule has 0 bridgehead atoms. The molecule has 200 valence electrons. The van der Waals surface area contributed by atoms with Gasteiger partial charge in [-0.05, 0) is 73.5 Å². The molecule has 0 radical (unpaired) electrons. The lowest BCUT2D eigenvalue weighted by atomic mass is 9.84. The zero-order chi connectivity index (χ0) is 28.3. The van der Waals surface area contributed by atoms with Gasteiger partial charge in [0.1, 0.15) is 11.5 Å². The molecule has 4 amide bonds. The minimum Gasteiger partial charge on any atom is -0.497 e. The van der Waals surface area contributed by atoms with Gasteiger partial charge in [0.2, 0.25) is 0 Å². The maximum atomic E-state index is 13.7. The second-order valence-corrected chi connectivity index (χ2v) is 9.93. The normalized spacial score (nSPS) is 15.9. The molecule has 4 aromatic rings. The number of carbonyl (C=O) groups excluding carboxylic acids is 4. The van der Waals surface area contributed by atoms with Crippen LogP contribution in [0.5, 0.6) is 11.5 Å². The average Bonchev–Trinajstić information content (AvgIpc) is 2.98. The third-order valence-electron chi connectivity index (χ3n) is 7.93. The number of amides is 4. The molecule has 4 aromatic carbocycles. The molecule has 2 atom stereocenters. The van der Waals surface area contributed by atoms with Crippen molar-refractivity contribution in [2.75, 3.05) is 14.2 Å². The molecule has 6 rings (SSSR count). The Morgan fingerprint density at radius 3 is 1.00 bits per heavy atom. The Labute approximate surface area is 230 Å². The van der Waals surface area contributed by atoms with E-state index in [1.165, 1.54) is 9.80 Å². The van der Waals surface area contributed by atoms with E-state index in [-0.39, 0.29) is 22.3 Å². The average molecular weight is 535 g/mol. The molecule has 0 aromatic heterocycles. The van der Waals surface area contributed by atoms with Gasteiger partial charge >= 0.3 is 0 Å². The molecule has 2 aliphatic heterocycles. The van der Waals surface area contributed by atoms with E-state index in [9.17, 15) is 19.2 Å². The highest BCUT2D eigenvalue weighted by Crippen LogP contribution is 2.41. The molecular weight excluding hydrogens is 508 g/mol. The van der Waals surface area contributed by atoms with Crippen molar-refractivity contribution >= 4 is 34.4 Å². The van der Waals surface area contributed by atoms with Crippen molar-refractivity contribution in [3.8, 4) is 11.5 Å². The Morgan fingerprint density at radius 1 is 0.475 bits per heavy atom. The number of hydrogen-bond donors (Lipinski definition) is 0. The van der Waals surface area contributed by atoms with Crippen molar-refractivity contribution in [1.29, 1.82) is 0 Å². The van der Waals surface area contributed by atoms with Gasteiger partial charge in [-0.2, -0.15) is 0 Å². The zero-order valence-corrected chi connectivity index (χ0v) is 22.4. The van der Waals surface area contributed by atoms with Crippen LogP contribution in [0.2, 0.25) is 0 Å². The van der Waals surface area contributed by atoms with Crippen LogP contribution in [-0.4, -0.2) is 47.6 Å². The van der Waals surface area contributed by atoms with Gasteiger partial charge in [-0.25, -0.2) is 0 Å². The summed E-state index contributed by atoms with van der Waals surface area (Å²) in [6.07, 6.45) is 0. The van der Waals surface area contributed by atoms with Crippen LogP contribution in [0.1, 0.15) is 78.5 Å². The number of benzene rings is 4. The van der Waals surface area contributed by atoms with Crippen molar-refractivity contribution < 1.29 is 28.7 Å². The maximum absolute atomic E-state index is 13.7. The van der Waals surface area contributed by atoms with Gasteiger partial charge in [0.15, 0.2) is 0 Å². The summed E-state index contributed by atoms with van der Waals surface area (Å²) in [6.45, 7) is 3.58. The van der Waals surface area contributed by atoms with Gasteiger partial charge in [0.05, 0.1) is 26.3 Å². The number of ether oxygens (including phenoxy) is 2. The molecular formula is C32H26N2O6. The van der Waals surface area contributed by atoms with Gasteiger partial charge in [-0.3, -0.25) is 29.0 Å². The van der Waals surface area contributed by atoms with Gasteiger partial charge in [-0.15, -0.1) is 0 Å². The van der Waals surface area contributed by atoms with Crippen LogP contribution in [0.25, 0.3) is 10.8 Å². The van der Waals surface area contributed by atoms with E-state index in [1.54, 1.807) is 76.6 Å². The largest absolute Gasteiger partial charge is 0.497 e. The van der Waals surface area contributed by atoms with Crippen LogP contribution >= 0.6 is 0 Å². The first-order chi connectivity index (χ1) is 19.3. The summed E-state index contributed by atoms with van der Waals surface area (Å²) < 4.78 is 10.4. The van der Waals surface area contributed by atoms with E-state index < -0.39 is 35.7 Å². The van der Waals surface area contributed by atoms with Crippen LogP contribution < -0.4 is 9.47 Å². The van der Waals surface area contributed by atoms with Crippen LogP contribution in [0, 0.1) is 0 Å². The minimum atomic E-state index is -0.550. The predicted molar refractivity (Wildman–Crippen MR) is 148 cm³/mol. The Kier molecular flexibility index (Phi) is 5.91. The van der Waals surface area contributed by atoms with Crippen molar-refractivity contribution in [1.82, 2.24) is 9.80 Å². The number of rotatable bonds is 6. The van der Waals surface area contributed by atoms with Crippen LogP contribution in [0.15, 0.2) is 72.8 Å². The fraction of sp³-hybridized carbons (Fsp3) is 0.188. The predicted octanol–water partition coefficient (Wildman–Crippen LogP) is 5.57. The first kappa shape index (κ1) is 25.3. The molecule has 0 aliphatic carbocycles. The number of carbonyl (C=O) groups is 4. The number of hydrogen-bond acceptors (Lipinski definition) is 6. The van der Waals surface area contributed by atoms with Gasteiger partial charge in [0.25, 0.3) is 23.6 Å². The van der Waals surface area contributed by atoms with Crippen LogP contribution in [-0.2, 0) is 0 Å². The van der Waals surface area contributed by atoms with E-state index in [4.69, 9.17) is 9.47 Å². The standard InChI is InChI=1S/C32H26N2O6/c1-17(19-5-9-21(39-3)10-6-19)33-29(35)23-13-15-25-28-26(16-14-24(27(23)28)30(33)36)32(38)34(31(25)37)18(2)20-7-11-22(40-4)12-8-20/h5-18H,1-4H3. The Bertz CT molecular complexity index is 1530. The van der Waals surface area contributed by atoms with E-state index in [2.05, 4.69) is 0 Å². The third-order valence-corrected chi connectivity index (χ3v) is 7.93. The SMILES string of the molecule is COc1ccc(C(C)N2C(=O)c3ccc4c5c(ccc(c35)C2=O)C(=O)N(C(C)c2ccc(OC)cc2)C4=O)cc1. The zero-order valence-electron chi connectivity index (χ0n) is 22.4. The first-order valence-electron chi connectivity index (χ1n) is 12.9. The topological polar surface area (TPSA) is 93.2 Å². The molecule has 8 heteroatoms. The fourth-order valence-electron chi connectivity index (χ4n) is 5.68. The van der Waals surface area contributed by atoms with Crippen molar-refractivity contribution in [3.05, 3.63) is 106 Å². The second-order valence-electron chi connectivity index (χ2n) is 9.93. The van der Waals surface area contributed by atoms with Crippen LogP contribution in [0.4, 0.5) is 0 Å².